The lowest BCUT2D eigenvalue weighted by atomic mass is 10.2. The summed E-state index contributed by atoms with van der Waals surface area (Å²) >= 11 is 1.94. The first kappa shape index (κ1) is 19.9. The first-order valence-corrected chi connectivity index (χ1v) is 8.69. The van der Waals surface area contributed by atoms with Crippen molar-refractivity contribution in [3.63, 3.8) is 0 Å². The third kappa shape index (κ3) is 7.81. The fourth-order valence-electron chi connectivity index (χ4n) is 2.50. The van der Waals surface area contributed by atoms with Crippen molar-refractivity contribution in [1.82, 2.24) is 15.5 Å². The van der Waals surface area contributed by atoms with Crippen LogP contribution in [0.15, 0.2) is 4.99 Å². The molecule has 0 heterocycles. The molecule has 0 spiro atoms. The summed E-state index contributed by atoms with van der Waals surface area (Å²) in [5.41, 5.74) is 0. The number of alkyl halides is 3. The lowest BCUT2D eigenvalue weighted by Gasteiger charge is -2.21. The molecule has 0 aromatic heterocycles. The van der Waals surface area contributed by atoms with Crippen LogP contribution in [0.2, 0.25) is 0 Å². The molecule has 9 heteroatoms. The highest BCUT2D eigenvalue weighted by Crippen LogP contribution is 2.29. The number of hydrogen-bond donors (Lipinski definition) is 2. The zero-order valence-electron chi connectivity index (χ0n) is 13.7. The molecule has 1 fully saturated rings. The Morgan fingerprint density at radius 1 is 1.39 bits per heavy atom. The molecule has 0 bridgehead atoms. The monoisotopic (exact) mass is 354 g/mol. The van der Waals surface area contributed by atoms with Gasteiger partial charge in [-0.2, -0.15) is 24.9 Å². The van der Waals surface area contributed by atoms with Crippen LogP contribution >= 0.6 is 11.8 Å². The Bertz CT molecular complexity index is 417. The van der Waals surface area contributed by atoms with Crippen molar-refractivity contribution in [2.75, 3.05) is 32.9 Å². The van der Waals surface area contributed by atoms with Gasteiger partial charge in [-0.15, -0.1) is 0 Å². The number of aliphatic imine (C=N–C) groups is 1. The molecule has 0 radical (unpaired) electrons. The third-order valence-electron chi connectivity index (χ3n) is 3.60. The Hall–Kier alpha value is -1.12. The zero-order valence-corrected chi connectivity index (χ0v) is 14.6. The SMILES string of the molecule is CCSC1CCC(NC(=NC)NCC(=O)N(C)CC(F)(F)F)C1. The van der Waals surface area contributed by atoms with Crippen LogP contribution in [0.25, 0.3) is 0 Å². The van der Waals surface area contributed by atoms with E-state index in [0.717, 1.165) is 32.1 Å². The van der Waals surface area contributed by atoms with Gasteiger partial charge in [0.2, 0.25) is 5.91 Å². The van der Waals surface area contributed by atoms with E-state index in [4.69, 9.17) is 0 Å². The minimum atomic E-state index is -4.39. The number of carbonyl (C=O) groups excluding carboxylic acids is 1. The molecule has 2 atom stereocenters. The Labute approximate surface area is 139 Å². The Kier molecular flexibility index (Phi) is 8.01. The predicted octanol–water partition coefficient (Wildman–Crippen LogP) is 1.85. The minimum absolute atomic E-state index is 0.216. The van der Waals surface area contributed by atoms with Crippen LogP contribution in [0, 0.1) is 0 Å². The summed E-state index contributed by atoms with van der Waals surface area (Å²) in [4.78, 5) is 16.4. The van der Waals surface area contributed by atoms with E-state index in [-0.39, 0.29) is 12.6 Å². The Morgan fingerprint density at radius 2 is 2.09 bits per heavy atom. The Morgan fingerprint density at radius 3 is 2.65 bits per heavy atom. The number of guanidine groups is 1. The van der Waals surface area contributed by atoms with E-state index in [1.807, 2.05) is 11.8 Å². The van der Waals surface area contributed by atoms with Gasteiger partial charge in [0.25, 0.3) is 0 Å². The van der Waals surface area contributed by atoms with Gasteiger partial charge in [0, 0.05) is 25.4 Å². The van der Waals surface area contributed by atoms with Crippen LogP contribution in [-0.2, 0) is 4.79 Å². The third-order valence-corrected chi connectivity index (χ3v) is 4.83. The van der Waals surface area contributed by atoms with Crippen LogP contribution in [0.5, 0.6) is 0 Å². The highest BCUT2D eigenvalue weighted by Gasteiger charge is 2.31. The van der Waals surface area contributed by atoms with Gasteiger partial charge in [0.05, 0.1) is 6.54 Å². The number of thioether (sulfide) groups is 1. The lowest BCUT2D eigenvalue weighted by molar-refractivity contribution is -0.157. The maximum Gasteiger partial charge on any atom is 0.406 e. The first-order valence-electron chi connectivity index (χ1n) is 7.64. The van der Waals surface area contributed by atoms with Crippen molar-refractivity contribution >= 4 is 23.6 Å². The van der Waals surface area contributed by atoms with Gasteiger partial charge in [0.15, 0.2) is 5.96 Å². The van der Waals surface area contributed by atoms with Gasteiger partial charge in [-0.1, -0.05) is 6.92 Å². The summed E-state index contributed by atoms with van der Waals surface area (Å²) in [6.45, 7) is 0.666. The molecule has 2 unspecified atom stereocenters. The average molecular weight is 354 g/mol. The molecule has 1 aliphatic carbocycles. The molecule has 0 aromatic rings. The number of carbonyl (C=O) groups is 1. The van der Waals surface area contributed by atoms with Gasteiger partial charge in [0.1, 0.15) is 6.54 Å². The van der Waals surface area contributed by atoms with E-state index in [0.29, 0.717) is 16.1 Å². The van der Waals surface area contributed by atoms with E-state index in [1.165, 1.54) is 0 Å². The normalized spacial score (nSPS) is 22.1. The second kappa shape index (κ2) is 9.24. The number of halogens is 3. The summed E-state index contributed by atoms with van der Waals surface area (Å²) in [6, 6.07) is 0.285. The fraction of sp³-hybridized carbons (Fsp3) is 0.857. The summed E-state index contributed by atoms with van der Waals surface area (Å²) in [5.74, 6) is 0.909. The highest BCUT2D eigenvalue weighted by atomic mass is 32.2. The fourth-order valence-corrected chi connectivity index (χ4v) is 3.64. The van der Waals surface area contributed by atoms with Gasteiger partial charge in [-0.3, -0.25) is 9.79 Å². The molecular formula is C14H25F3N4OS. The van der Waals surface area contributed by atoms with Gasteiger partial charge >= 0.3 is 6.18 Å². The summed E-state index contributed by atoms with van der Waals surface area (Å²) < 4.78 is 36.7. The molecule has 134 valence electrons. The van der Waals surface area contributed by atoms with E-state index in [1.54, 1.807) is 7.05 Å². The van der Waals surface area contributed by atoms with Gasteiger partial charge in [-0.05, 0) is 25.0 Å². The van der Waals surface area contributed by atoms with Gasteiger partial charge < -0.3 is 15.5 Å². The highest BCUT2D eigenvalue weighted by molar-refractivity contribution is 7.99. The van der Waals surface area contributed by atoms with Gasteiger partial charge in [-0.25, -0.2) is 0 Å². The van der Waals surface area contributed by atoms with Crippen molar-refractivity contribution in [3.8, 4) is 0 Å². The molecule has 5 nitrogen and oxygen atoms in total. The maximum absolute atomic E-state index is 12.2. The first-order chi connectivity index (χ1) is 10.7. The summed E-state index contributed by atoms with van der Waals surface area (Å²) in [5, 5.41) is 6.65. The molecule has 2 N–H and O–H groups in total. The largest absolute Gasteiger partial charge is 0.406 e. The van der Waals surface area contributed by atoms with Crippen LogP contribution in [0.1, 0.15) is 26.2 Å². The maximum atomic E-state index is 12.2. The smallest absolute Gasteiger partial charge is 0.354 e. The summed E-state index contributed by atoms with van der Waals surface area (Å²) in [7, 11) is 2.71. The van der Waals surface area contributed by atoms with E-state index < -0.39 is 18.6 Å². The minimum Gasteiger partial charge on any atom is -0.354 e. The number of hydrogen-bond acceptors (Lipinski definition) is 3. The predicted molar refractivity (Wildman–Crippen MR) is 87.7 cm³/mol. The van der Waals surface area contributed by atoms with E-state index in [9.17, 15) is 18.0 Å². The molecule has 1 amide bonds. The number of rotatable bonds is 6. The summed E-state index contributed by atoms with van der Waals surface area (Å²) in [6.07, 6.45) is -1.19. The molecule has 23 heavy (non-hydrogen) atoms. The molecule has 0 aromatic carbocycles. The van der Waals surface area contributed by atoms with Crippen LogP contribution in [-0.4, -0.2) is 67.2 Å². The molecule has 1 aliphatic rings. The van der Waals surface area contributed by atoms with Crippen LogP contribution in [0.3, 0.4) is 0 Å². The zero-order chi connectivity index (χ0) is 17.5. The number of likely N-dealkylation sites (N-methyl/N-ethyl adjacent to an activating group) is 1. The van der Waals surface area contributed by atoms with Crippen LogP contribution < -0.4 is 10.6 Å². The lowest BCUT2D eigenvalue weighted by Crippen LogP contribution is -2.47. The van der Waals surface area contributed by atoms with E-state index >= 15 is 0 Å². The standard InChI is InChI=1S/C14H25F3N4OS/c1-4-23-11-6-5-10(7-11)20-13(18-2)19-8-12(22)21(3)9-14(15,16)17/h10-11H,4-9H2,1-3H3,(H2,18,19,20). The van der Waals surface area contributed by atoms with Crippen LogP contribution in [0.4, 0.5) is 13.2 Å². The van der Waals surface area contributed by atoms with Crippen molar-refractivity contribution in [1.29, 1.82) is 0 Å². The number of nitrogens with zero attached hydrogens (tertiary/aromatic N) is 2. The second-order valence-corrected chi connectivity index (χ2v) is 7.10. The molecular weight excluding hydrogens is 329 g/mol. The van der Waals surface area contributed by atoms with Crippen molar-refractivity contribution < 1.29 is 18.0 Å². The molecule has 0 aliphatic heterocycles. The molecule has 1 saturated carbocycles. The number of nitrogens with one attached hydrogen (secondary N) is 2. The van der Waals surface area contributed by atoms with E-state index in [2.05, 4.69) is 22.5 Å². The number of amides is 1. The molecule has 0 saturated heterocycles. The van der Waals surface area contributed by atoms with Crippen molar-refractivity contribution in [2.24, 2.45) is 4.99 Å². The van der Waals surface area contributed by atoms with Crippen molar-refractivity contribution in [2.45, 2.75) is 43.7 Å². The quantitative estimate of drug-likeness (QED) is 0.565. The Balaban J connectivity index is 2.36. The topological polar surface area (TPSA) is 56.7 Å². The van der Waals surface area contributed by atoms with Crippen molar-refractivity contribution in [3.05, 3.63) is 0 Å². The molecule has 1 rings (SSSR count). The average Bonchev–Trinajstić information content (AvgIpc) is 2.89. The second-order valence-electron chi connectivity index (χ2n) is 5.52.